The van der Waals surface area contributed by atoms with Gasteiger partial charge in [0.25, 0.3) is 5.56 Å². The van der Waals surface area contributed by atoms with Crippen molar-refractivity contribution in [1.29, 1.82) is 5.26 Å². The van der Waals surface area contributed by atoms with Crippen molar-refractivity contribution in [3.05, 3.63) is 40.3 Å². The van der Waals surface area contributed by atoms with Gasteiger partial charge in [0, 0.05) is 48.9 Å². The number of aromatic amines is 2. The maximum absolute atomic E-state index is 12.8. The largest absolute Gasteiger partial charge is 0.481 e. The molecule has 3 aromatic rings. The number of hydrogen-bond acceptors (Lipinski definition) is 5. The number of aromatic nitrogens is 2. The number of carboxylic acid groups (broad SMARTS) is 1. The Labute approximate surface area is 166 Å². The van der Waals surface area contributed by atoms with Crippen LogP contribution in [0.3, 0.4) is 0 Å². The van der Waals surface area contributed by atoms with Gasteiger partial charge in [0.1, 0.15) is 5.52 Å². The number of hydrogen-bond donors (Lipinski definition) is 3. The number of benzene rings is 1. The molecule has 0 spiro atoms. The number of nitriles is 1. The molecule has 0 atom stereocenters. The normalized spacial score (nSPS) is 11.9. The van der Waals surface area contributed by atoms with Gasteiger partial charge in [-0.3, -0.25) is 9.59 Å². The fourth-order valence-electron chi connectivity index (χ4n) is 3.27. The van der Waals surface area contributed by atoms with Crippen molar-refractivity contribution in [3.63, 3.8) is 0 Å². The Morgan fingerprint density at radius 3 is 2.79 bits per heavy atom. The molecule has 10 heteroatoms. The molecular weight excluding hydrogens is 396 g/mol. The van der Waals surface area contributed by atoms with Gasteiger partial charge in [0.15, 0.2) is 0 Å². The van der Waals surface area contributed by atoms with Crippen LogP contribution >= 0.6 is 0 Å². The Morgan fingerprint density at radius 2 is 2.10 bits per heavy atom. The molecule has 3 N–H and O–H groups in total. The SMILES string of the molecule is CN(CCC#N)S(=O)(=O)c1ccc2[nH]c(=O)c3[nH]cc(CCCC(=O)O)c3c2c1. The molecule has 2 aromatic heterocycles. The molecule has 3 rings (SSSR count). The molecule has 1 aromatic carbocycles. The summed E-state index contributed by atoms with van der Waals surface area (Å²) in [4.78, 5) is 28.8. The van der Waals surface area contributed by atoms with E-state index in [0.29, 0.717) is 34.6 Å². The van der Waals surface area contributed by atoms with E-state index in [4.69, 9.17) is 10.4 Å². The zero-order valence-corrected chi connectivity index (χ0v) is 16.5. The number of nitrogens with zero attached hydrogens (tertiary/aromatic N) is 2. The molecule has 0 aliphatic rings. The predicted molar refractivity (Wildman–Crippen MR) is 107 cm³/mol. The van der Waals surface area contributed by atoms with Gasteiger partial charge >= 0.3 is 5.97 Å². The second kappa shape index (κ2) is 8.06. The first-order chi connectivity index (χ1) is 13.8. The summed E-state index contributed by atoms with van der Waals surface area (Å²) in [5.41, 5.74) is 1.22. The minimum atomic E-state index is -3.80. The van der Waals surface area contributed by atoms with Gasteiger partial charge in [-0.25, -0.2) is 8.42 Å². The monoisotopic (exact) mass is 416 g/mol. The van der Waals surface area contributed by atoms with Crippen molar-refractivity contribution in [1.82, 2.24) is 14.3 Å². The first kappa shape index (κ1) is 20.6. The maximum Gasteiger partial charge on any atom is 0.303 e. The van der Waals surface area contributed by atoms with Gasteiger partial charge < -0.3 is 15.1 Å². The molecule has 29 heavy (non-hydrogen) atoms. The van der Waals surface area contributed by atoms with Crippen LogP contribution in [0.5, 0.6) is 0 Å². The summed E-state index contributed by atoms with van der Waals surface area (Å²) in [6, 6.07) is 6.37. The van der Waals surface area contributed by atoms with E-state index in [1.54, 1.807) is 6.20 Å². The Balaban J connectivity index is 2.13. The van der Waals surface area contributed by atoms with Crippen LogP contribution in [-0.4, -0.2) is 47.4 Å². The number of carbonyl (C=O) groups is 1. The highest BCUT2D eigenvalue weighted by Crippen LogP contribution is 2.28. The smallest absolute Gasteiger partial charge is 0.303 e. The number of pyridine rings is 1. The van der Waals surface area contributed by atoms with Gasteiger partial charge in [-0.05, 0) is 36.6 Å². The molecule has 9 nitrogen and oxygen atoms in total. The molecule has 2 heterocycles. The first-order valence-electron chi connectivity index (χ1n) is 8.96. The van der Waals surface area contributed by atoms with Gasteiger partial charge in [0.05, 0.1) is 11.0 Å². The van der Waals surface area contributed by atoms with Gasteiger partial charge in [0.2, 0.25) is 10.0 Å². The molecule has 0 amide bonds. The predicted octanol–water partition coefficient (Wildman–Crippen LogP) is 1.95. The van der Waals surface area contributed by atoms with Crippen molar-refractivity contribution >= 4 is 37.8 Å². The molecule has 0 fully saturated rings. The van der Waals surface area contributed by atoms with Crippen molar-refractivity contribution in [2.24, 2.45) is 0 Å². The molecule has 0 radical (unpaired) electrons. The highest BCUT2D eigenvalue weighted by Gasteiger charge is 2.22. The lowest BCUT2D eigenvalue weighted by molar-refractivity contribution is -0.137. The van der Waals surface area contributed by atoms with E-state index in [9.17, 15) is 18.0 Å². The van der Waals surface area contributed by atoms with E-state index < -0.39 is 16.0 Å². The van der Waals surface area contributed by atoms with Crippen LogP contribution in [0.1, 0.15) is 24.8 Å². The lowest BCUT2D eigenvalue weighted by atomic mass is 10.0. The number of carboxylic acids is 1. The minimum absolute atomic E-state index is 0.00286. The highest BCUT2D eigenvalue weighted by molar-refractivity contribution is 7.89. The number of nitrogens with one attached hydrogen (secondary N) is 2. The average molecular weight is 416 g/mol. The van der Waals surface area contributed by atoms with Gasteiger partial charge in [-0.2, -0.15) is 9.57 Å². The summed E-state index contributed by atoms with van der Waals surface area (Å²) in [6.07, 6.45) is 2.56. The summed E-state index contributed by atoms with van der Waals surface area (Å²) in [5, 5.41) is 18.7. The Morgan fingerprint density at radius 1 is 1.34 bits per heavy atom. The van der Waals surface area contributed by atoms with Gasteiger partial charge in [-0.15, -0.1) is 0 Å². The van der Waals surface area contributed by atoms with Crippen molar-refractivity contribution < 1.29 is 18.3 Å². The molecule has 0 aliphatic heterocycles. The molecule has 0 unspecified atom stereocenters. The first-order valence-corrected chi connectivity index (χ1v) is 10.4. The standard InChI is InChI=1S/C19H20N4O5S/c1-23(9-3-8-20)29(27,28)13-6-7-15-14(10-13)17-12(4-2-5-16(24)25)11-21-18(17)19(26)22-15/h6-7,10-11,21H,2-5,9H2,1H3,(H,22,26)(H,24,25). The summed E-state index contributed by atoms with van der Waals surface area (Å²) in [7, 11) is -2.39. The molecule has 152 valence electrons. The molecular formula is C19H20N4O5S. The number of H-pyrrole nitrogens is 2. The van der Waals surface area contributed by atoms with E-state index >= 15 is 0 Å². The molecule has 0 bridgehead atoms. The van der Waals surface area contributed by atoms with Crippen LogP contribution in [-0.2, 0) is 21.2 Å². The van der Waals surface area contributed by atoms with E-state index in [1.165, 1.54) is 25.2 Å². The van der Waals surface area contributed by atoms with E-state index in [1.807, 2.05) is 6.07 Å². The average Bonchev–Trinajstić information content (AvgIpc) is 3.10. The number of aliphatic carboxylic acids is 1. The molecule has 0 aliphatic carbocycles. The molecule has 0 saturated heterocycles. The third-order valence-corrected chi connectivity index (χ3v) is 6.63. The lowest BCUT2D eigenvalue weighted by Gasteiger charge is -2.16. The topological polar surface area (TPSA) is 147 Å². The Kier molecular flexibility index (Phi) is 5.72. The fraction of sp³-hybridized carbons (Fsp3) is 0.316. The van der Waals surface area contributed by atoms with Crippen molar-refractivity contribution in [2.45, 2.75) is 30.6 Å². The van der Waals surface area contributed by atoms with Crippen LogP contribution in [0.4, 0.5) is 0 Å². The van der Waals surface area contributed by atoms with E-state index in [0.717, 1.165) is 9.87 Å². The number of sulfonamides is 1. The molecule has 0 saturated carbocycles. The van der Waals surface area contributed by atoms with Crippen LogP contribution in [0, 0.1) is 11.3 Å². The third kappa shape index (κ3) is 4.01. The number of rotatable bonds is 8. The van der Waals surface area contributed by atoms with Crippen molar-refractivity contribution in [2.75, 3.05) is 13.6 Å². The Bertz CT molecular complexity index is 1280. The lowest BCUT2D eigenvalue weighted by Crippen LogP contribution is -2.27. The zero-order chi connectivity index (χ0) is 21.2. The van der Waals surface area contributed by atoms with Crippen molar-refractivity contribution in [3.8, 4) is 6.07 Å². The van der Waals surface area contributed by atoms with Gasteiger partial charge in [-0.1, -0.05) is 0 Å². The minimum Gasteiger partial charge on any atom is -0.481 e. The zero-order valence-electron chi connectivity index (χ0n) is 15.7. The van der Waals surface area contributed by atoms with E-state index in [-0.39, 0.29) is 29.8 Å². The summed E-state index contributed by atoms with van der Waals surface area (Å²) in [5.74, 6) is -0.902. The van der Waals surface area contributed by atoms with Crippen LogP contribution < -0.4 is 5.56 Å². The summed E-state index contributed by atoms with van der Waals surface area (Å²) in [6.45, 7) is 0.0719. The summed E-state index contributed by atoms with van der Waals surface area (Å²) >= 11 is 0. The third-order valence-electron chi connectivity index (χ3n) is 4.78. The highest BCUT2D eigenvalue weighted by atomic mass is 32.2. The fourth-order valence-corrected chi connectivity index (χ4v) is 4.47. The second-order valence-corrected chi connectivity index (χ2v) is 8.75. The second-order valence-electron chi connectivity index (χ2n) is 6.71. The summed E-state index contributed by atoms with van der Waals surface area (Å²) < 4.78 is 26.8. The number of fused-ring (bicyclic) bond motifs is 3. The van der Waals surface area contributed by atoms with Crippen LogP contribution in [0.25, 0.3) is 21.8 Å². The quantitative estimate of drug-likeness (QED) is 0.511. The number of aryl methyl sites for hydroxylation is 1. The van der Waals surface area contributed by atoms with E-state index in [2.05, 4.69) is 9.97 Å². The Hall–Kier alpha value is -3.16. The van der Waals surface area contributed by atoms with Crippen LogP contribution in [0.15, 0.2) is 34.1 Å². The maximum atomic E-state index is 12.8. The van der Waals surface area contributed by atoms with Crippen LogP contribution in [0.2, 0.25) is 0 Å².